The number of carboxylic acids is 1. The van der Waals surface area contributed by atoms with Gasteiger partial charge in [-0.2, -0.15) is 0 Å². The van der Waals surface area contributed by atoms with Gasteiger partial charge in [-0.1, -0.05) is 23.7 Å². The van der Waals surface area contributed by atoms with E-state index < -0.39 is 5.97 Å². The molecule has 1 saturated carbocycles. The van der Waals surface area contributed by atoms with Crippen LogP contribution in [-0.4, -0.2) is 21.0 Å². The lowest BCUT2D eigenvalue weighted by Gasteiger charge is -2.08. The highest BCUT2D eigenvalue weighted by atomic mass is 35.5. The van der Waals surface area contributed by atoms with Crippen LogP contribution in [0.2, 0.25) is 5.02 Å². The molecule has 27 heavy (non-hydrogen) atoms. The SMILES string of the molecule is O=C(O)c1ccc(CNCc2cnc(-c3ccc(Cl)cc3)s2)nc1C1CC1. The summed E-state index contributed by atoms with van der Waals surface area (Å²) in [6.45, 7) is 1.28. The Balaban J connectivity index is 1.38. The van der Waals surface area contributed by atoms with Crippen molar-refractivity contribution in [3.8, 4) is 10.6 Å². The Bertz CT molecular complexity index is 968. The van der Waals surface area contributed by atoms with E-state index in [1.807, 2.05) is 30.5 Å². The lowest BCUT2D eigenvalue weighted by Crippen LogP contribution is -2.14. The third kappa shape index (κ3) is 4.35. The number of carboxylic acid groups (broad SMARTS) is 1. The quantitative estimate of drug-likeness (QED) is 0.601. The van der Waals surface area contributed by atoms with Crippen LogP contribution in [0.4, 0.5) is 0 Å². The topological polar surface area (TPSA) is 75.1 Å². The molecule has 7 heteroatoms. The summed E-state index contributed by atoms with van der Waals surface area (Å²) in [6.07, 6.45) is 3.93. The number of rotatable bonds is 7. The van der Waals surface area contributed by atoms with Gasteiger partial charge in [0.15, 0.2) is 0 Å². The van der Waals surface area contributed by atoms with Crippen LogP contribution in [0.25, 0.3) is 10.6 Å². The molecule has 0 saturated heterocycles. The average Bonchev–Trinajstić information content (AvgIpc) is 3.41. The number of thiazole rings is 1. The predicted octanol–water partition coefficient (Wildman–Crippen LogP) is 4.72. The molecule has 0 bridgehead atoms. The number of aromatic carboxylic acids is 1. The van der Waals surface area contributed by atoms with Crippen molar-refractivity contribution in [3.05, 3.63) is 69.4 Å². The molecule has 0 radical (unpaired) electrons. The van der Waals surface area contributed by atoms with E-state index in [9.17, 15) is 9.90 Å². The van der Waals surface area contributed by atoms with E-state index in [0.717, 1.165) is 39.7 Å². The first-order chi connectivity index (χ1) is 13.1. The summed E-state index contributed by atoms with van der Waals surface area (Å²) in [5, 5.41) is 14.3. The number of benzene rings is 1. The molecule has 0 amide bonds. The third-order valence-electron chi connectivity index (χ3n) is 4.43. The van der Waals surface area contributed by atoms with E-state index in [0.29, 0.717) is 29.6 Å². The first-order valence-electron chi connectivity index (χ1n) is 8.74. The number of nitrogens with zero attached hydrogens (tertiary/aromatic N) is 2. The van der Waals surface area contributed by atoms with E-state index in [1.54, 1.807) is 23.5 Å². The monoisotopic (exact) mass is 399 g/mol. The van der Waals surface area contributed by atoms with Crippen molar-refractivity contribution >= 4 is 28.9 Å². The van der Waals surface area contributed by atoms with Gasteiger partial charge >= 0.3 is 5.97 Å². The van der Waals surface area contributed by atoms with Gasteiger partial charge in [0.05, 0.1) is 17.0 Å². The maximum Gasteiger partial charge on any atom is 0.337 e. The molecule has 138 valence electrons. The number of hydrogen-bond donors (Lipinski definition) is 2. The van der Waals surface area contributed by atoms with Gasteiger partial charge in [-0.25, -0.2) is 9.78 Å². The Morgan fingerprint density at radius 3 is 2.67 bits per heavy atom. The molecule has 1 aliphatic rings. The second-order valence-electron chi connectivity index (χ2n) is 6.56. The van der Waals surface area contributed by atoms with Gasteiger partial charge in [-0.05, 0) is 37.1 Å². The van der Waals surface area contributed by atoms with Gasteiger partial charge in [0.2, 0.25) is 0 Å². The molecule has 0 aliphatic heterocycles. The van der Waals surface area contributed by atoms with Crippen LogP contribution in [0.3, 0.4) is 0 Å². The van der Waals surface area contributed by atoms with Gasteiger partial charge in [-0.15, -0.1) is 11.3 Å². The van der Waals surface area contributed by atoms with Gasteiger partial charge < -0.3 is 10.4 Å². The maximum absolute atomic E-state index is 11.3. The molecule has 0 spiro atoms. The van der Waals surface area contributed by atoms with Crippen molar-refractivity contribution in [1.29, 1.82) is 0 Å². The van der Waals surface area contributed by atoms with Crippen LogP contribution < -0.4 is 5.32 Å². The molecule has 1 aromatic carbocycles. The van der Waals surface area contributed by atoms with Crippen LogP contribution >= 0.6 is 22.9 Å². The minimum absolute atomic E-state index is 0.305. The van der Waals surface area contributed by atoms with E-state index in [1.165, 1.54) is 0 Å². The fraction of sp³-hybridized carbons (Fsp3) is 0.250. The summed E-state index contributed by atoms with van der Waals surface area (Å²) in [5.41, 5.74) is 2.97. The summed E-state index contributed by atoms with van der Waals surface area (Å²) in [6, 6.07) is 11.1. The van der Waals surface area contributed by atoms with Crippen LogP contribution in [0.15, 0.2) is 42.6 Å². The Morgan fingerprint density at radius 1 is 1.19 bits per heavy atom. The average molecular weight is 400 g/mol. The molecule has 1 fully saturated rings. The second-order valence-corrected chi connectivity index (χ2v) is 8.11. The van der Waals surface area contributed by atoms with Gasteiger partial charge in [0, 0.05) is 40.7 Å². The van der Waals surface area contributed by atoms with Crippen molar-refractivity contribution in [2.75, 3.05) is 0 Å². The zero-order valence-corrected chi connectivity index (χ0v) is 16.1. The number of nitrogens with one attached hydrogen (secondary N) is 1. The largest absolute Gasteiger partial charge is 0.478 e. The number of aromatic nitrogens is 2. The predicted molar refractivity (Wildman–Crippen MR) is 106 cm³/mol. The number of halogens is 1. The zero-order valence-electron chi connectivity index (χ0n) is 14.5. The lowest BCUT2D eigenvalue weighted by molar-refractivity contribution is 0.0695. The molecule has 0 unspecified atom stereocenters. The Morgan fingerprint density at radius 2 is 1.96 bits per heavy atom. The molecular formula is C20H18ClN3O2S. The molecule has 2 aromatic heterocycles. The van der Waals surface area contributed by atoms with Crippen LogP contribution in [0.1, 0.15) is 45.4 Å². The summed E-state index contributed by atoms with van der Waals surface area (Å²) in [4.78, 5) is 21.5. The highest BCUT2D eigenvalue weighted by molar-refractivity contribution is 7.15. The van der Waals surface area contributed by atoms with Crippen molar-refractivity contribution in [2.45, 2.75) is 31.8 Å². The Labute approximate surface area is 166 Å². The highest BCUT2D eigenvalue weighted by Crippen LogP contribution is 2.40. The van der Waals surface area contributed by atoms with Gasteiger partial charge in [0.25, 0.3) is 0 Å². The van der Waals surface area contributed by atoms with Crippen molar-refractivity contribution in [2.24, 2.45) is 0 Å². The molecule has 0 atom stereocenters. The second kappa shape index (κ2) is 7.76. The summed E-state index contributed by atoms with van der Waals surface area (Å²) >= 11 is 7.56. The lowest BCUT2D eigenvalue weighted by atomic mass is 10.1. The molecule has 1 aliphatic carbocycles. The fourth-order valence-electron chi connectivity index (χ4n) is 2.89. The van der Waals surface area contributed by atoms with Crippen molar-refractivity contribution < 1.29 is 9.90 Å². The number of carbonyl (C=O) groups is 1. The minimum Gasteiger partial charge on any atom is -0.478 e. The van der Waals surface area contributed by atoms with Crippen LogP contribution in [-0.2, 0) is 13.1 Å². The van der Waals surface area contributed by atoms with Gasteiger partial charge in [0.1, 0.15) is 5.01 Å². The summed E-state index contributed by atoms with van der Waals surface area (Å²) < 4.78 is 0. The van der Waals surface area contributed by atoms with Crippen LogP contribution in [0.5, 0.6) is 0 Å². The van der Waals surface area contributed by atoms with Crippen molar-refractivity contribution in [1.82, 2.24) is 15.3 Å². The standard InChI is InChI=1S/C20H18ClN3O2S/c21-14-5-3-13(4-6-14)19-23-11-16(27-19)10-22-9-15-7-8-17(20(25)26)18(24-15)12-1-2-12/h3-8,11-12,22H,1-2,9-10H2,(H,25,26). The summed E-state index contributed by atoms with van der Waals surface area (Å²) in [7, 11) is 0. The van der Waals surface area contributed by atoms with Gasteiger partial charge in [-0.3, -0.25) is 4.98 Å². The Hall–Kier alpha value is -2.28. The molecular weight excluding hydrogens is 382 g/mol. The minimum atomic E-state index is -0.900. The van der Waals surface area contributed by atoms with E-state index >= 15 is 0 Å². The maximum atomic E-state index is 11.3. The normalized spacial score (nSPS) is 13.7. The first-order valence-corrected chi connectivity index (χ1v) is 9.94. The Kier molecular flexibility index (Phi) is 5.20. The van der Waals surface area contributed by atoms with E-state index in [-0.39, 0.29) is 0 Å². The molecule has 2 heterocycles. The van der Waals surface area contributed by atoms with Crippen molar-refractivity contribution in [3.63, 3.8) is 0 Å². The smallest absolute Gasteiger partial charge is 0.337 e. The van der Waals surface area contributed by atoms with E-state index in [2.05, 4.69) is 15.3 Å². The number of hydrogen-bond acceptors (Lipinski definition) is 5. The first kappa shape index (κ1) is 18.1. The summed E-state index contributed by atoms with van der Waals surface area (Å²) in [5.74, 6) is -0.595. The zero-order chi connectivity index (χ0) is 18.8. The molecule has 3 aromatic rings. The molecule has 4 rings (SSSR count). The molecule has 5 nitrogen and oxygen atoms in total. The fourth-order valence-corrected chi connectivity index (χ4v) is 3.91. The highest BCUT2D eigenvalue weighted by Gasteiger charge is 2.29. The van der Waals surface area contributed by atoms with E-state index in [4.69, 9.17) is 11.6 Å². The number of pyridine rings is 1. The third-order valence-corrected chi connectivity index (χ3v) is 5.73. The van der Waals surface area contributed by atoms with Crippen LogP contribution in [0, 0.1) is 0 Å². The molecule has 2 N–H and O–H groups in total.